The standard InChI is InChI=1S/C15H19FN2/c1-3-4-5-6-13-10-17-15(18-13)12-7-8-14(16)11(2)9-12/h7-9H,3-6,10H2,1-2H3. The number of aryl methyl sites for hydroxylation is 1. The van der Waals surface area contributed by atoms with Crippen LogP contribution in [-0.4, -0.2) is 18.1 Å². The van der Waals surface area contributed by atoms with Gasteiger partial charge in [0.25, 0.3) is 0 Å². The van der Waals surface area contributed by atoms with Crippen LogP contribution in [0.2, 0.25) is 0 Å². The van der Waals surface area contributed by atoms with Crippen LogP contribution in [0.15, 0.2) is 28.2 Å². The Kier molecular flexibility index (Phi) is 4.24. The van der Waals surface area contributed by atoms with E-state index in [0.29, 0.717) is 12.1 Å². The molecule has 0 spiro atoms. The molecule has 0 unspecified atom stereocenters. The summed E-state index contributed by atoms with van der Waals surface area (Å²) in [5.74, 6) is 0.578. The van der Waals surface area contributed by atoms with E-state index in [1.165, 1.54) is 25.3 Å². The van der Waals surface area contributed by atoms with E-state index in [1.807, 2.05) is 6.07 Å². The highest BCUT2D eigenvalue weighted by molar-refractivity contribution is 6.11. The molecule has 2 rings (SSSR count). The zero-order chi connectivity index (χ0) is 13.0. The Morgan fingerprint density at radius 2 is 2.11 bits per heavy atom. The normalized spacial score (nSPS) is 14.6. The van der Waals surface area contributed by atoms with Gasteiger partial charge in [-0.1, -0.05) is 19.8 Å². The maximum atomic E-state index is 13.2. The second kappa shape index (κ2) is 5.89. The fourth-order valence-electron chi connectivity index (χ4n) is 2.04. The van der Waals surface area contributed by atoms with Gasteiger partial charge in [-0.2, -0.15) is 0 Å². The average Bonchev–Trinajstić information content (AvgIpc) is 2.82. The summed E-state index contributed by atoms with van der Waals surface area (Å²) in [6.07, 6.45) is 4.67. The number of hydrogen-bond acceptors (Lipinski definition) is 2. The van der Waals surface area contributed by atoms with E-state index in [9.17, 15) is 4.39 Å². The van der Waals surface area contributed by atoms with Crippen LogP contribution in [0.25, 0.3) is 0 Å². The van der Waals surface area contributed by atoms with Crippen molar-refractivity contribution in [3.05, 3.63) is 35.1 Å². The van der Waals surface area contributed by atoms with Gasteiger partial charge in [-0.05, 0) is 43.5 Å². The van der Waals surface area contributed by atoms with Crippen LogP contribution in [0, 0.1) is 12.7 Å². The van der Waals surface area contributed by atoms with Crippen molar-refractivity contribution in [2.45, 2.75) is 39.5 Å². The lowest BCUT2D eigenvalue weighted by atomic mass is 10.1. The minimum atomic E-state index is -0.176. The molecule has 0 radical (unpaired) electrons. The molecule has 0 aromatic heterocycles. The largest absolute Gasteiger partial charge is 0.260 e. The molecule has 3 heteroatoms. The predicted molar refractivity (Wildman–Crippen MR) is 74.1 cm³/mol. The van der Waals surface area contributed by atoms with Gasteiger partial charge < -0.3 is 0 Å². The second-order valence-corrected chi connectivity index (χ2v) is 4.74. The van der Waals surface area contributed by atoms with Gasteiger partial charge in [-0.25, -0.2) is 9.38 Å². The molecular weight excluding hydrogens is 227 g/mol. The highest BCUT2D eigenvalue weighted by Crippen LogP contribution is 2.15. The van der Waals surface area contributed by atoms with E-state index in [0.717, 1.165) is 23.5 Å². The topological polar surface area (TPSA) is 24.7 Å². The molecule has 0 bridgehead atoms. The summed E-state index contributed by atoms with van der Waals surface area (Å²) in [4.78, 5) is 8.97. The lowest BCUT2D eigenvalue weighted by molar-refractivity contribution is 0.618. The van der Waals surface area contributed by atoms with Gasteiger partial charge in [0.2, 0.25) is 0 Å². The zero-order valence-electron chi connectivity index (χ0n) is 11.0. The minimum Gasteiger partial charge on any atom is -0.260 e. The van der Waals surface area contributed by atoms with Gasteiger partial charge in [0, 0.05) is 11.3 Å². The van der Waals surface area contributed by atoms with E-state index in [-0.39, 0.29) is 5.82 Å². The molecule has 1 aliphatic heterocycles. The molecule has 0 saturated heterocycles. The molecule has 96 valence electrons. The number of unbranched alkanes of at least 4 members (excludes halogenated alkanes) is 2. The SMILES string of the molecule is CCCCCC1=NC(c2ccc(F)c(C)c2)=NC1. The van der Waals surface area contributed by atoms with Crippen molar-refractivity contribution in [2.24, 2.45) is 9.98 Å². The van der Waals surface area contributed by atoms with Crippen molar-refractivity contribution < 1.29 is 4.39 Å². The van der Waals surface area contributed by atoms with Crippen molar-refractivity contribution in [3.8, 4) is 0 Å². The summed E-state index contributed by atoms with van der Waals surface area (Å²) in [6.45, 7) is 4.66. The van der Waals surface area contributed by atoms with Gasteiger partial charge in [0.1, 0.15) is 5.82 Å². The van der Waals surface area contributed by atoms with Crippen LogP contribution in [0.4, 0.5) is 4.39 Å². The molecule has 0 N–H and O–H groups in total. The molecule has 0 amide bonds. The first kappa shape index (κ1) is 12.9. The summed E-state index contributed by atoms with van der Waals surface area (Å²) in [5, 5.41) is 0. The van der Waals surface area contributed by atoms with Gasteiger partial charge in [-0.3, -0.25) is 4.99 Å². The zero-order valence-corrected chi connectivity index (χ0v) is 11.0. The molecule has 1 aromatic carbocycles. The number of amidine groups is 1. The van der Waals surface area contributed by atoms with Crippen molar-refractivity contribution >= 4 is 11.5 Å². The fourth-order valence-corrected chi connectivity index (χ4v) is 2.04. The van der Waals surface area contributed by atoms with Crippen LogP contribution in [0.1, 0.15) is 43.7 Å². The molecular formula is C15H19FN2. The van der Waals surface area contributed by atoms with E-state index in [1.54, 1.807) is 13.0 Å². The first-order valence-corrected chi connectivity index (χ1v) is 6.58. The highest BCUT2D eigenvalue weighted by atomic mass is 19.1. The summed E-state index contributed by atoms with van der Waals surface area (Å²) < 4.78 is 13.2. The van der Waals surface area contributed by atoms with Crippen LogP contribution in [0.5, 0.6) is 0 Å². The van der Waals surface area contributed by atoms with E-state index in [2.05, 4.69) is 16.9 Å². The molecule has 0 saturated carbocycles. The van der Waals surface area contributed by atoms with Crippen LogP contribution < -0.4 is 0 Å². The number of nitrogens with zero attached hydrogens (tertiary/aromatic N) is 2. The monoisotopic (exact) mass is 246 g/mol. The predicted octanol–water partition coefficient (Wildman–Crippen LogP) is 3.92. The van der Waals surface area contributed by atoms with Crippen LogP contribution in [-0.2, 0) is 0 Å². The van der Waals surface area contributed by atoms with Crippen LogP contribution in [0.3, 0.4) is 0 Å². The molecule has 2 nitrogen and oxygen atoms in total. The molecule has 1 heterocycles. The van der Waals surface area contributed by atoms with Gasteiger partial charge in [-0.15, -0.1) is 0 Å². The Morgan fingerprint density at radius 3 is 2.83 bits per heavy atom. The summed E-state index contributed by atoms with van der Waals surface area (Å²) in [7, 11) is 0. The van der Waals surface area contributed by atoms with E-state index < -0.39 is 0 Å². The maximum Gasteiger partial charge on any atom is 0.154 e. The Bertz CT molecular complexity index is 489. The molecule has 1 aliphatic rings. The number of rotatable bonds is 5. The fraction of sp³-hybridized carbons (Fsp3) is 0.467. The second-order valence-electron chi connectivity index (χ2n) is 4.74. The van der Waals surface area contributed by atoms with Gasteiger partial charge in [0.05, 0.1) is 6.54 Å². The lowest BCUT2D eigenvalue weighted by Crippen LogP contribution is -1.99. The summed E-state index contributed by atoms with van der Waals surface area (Å²) >= 11 is 0. The van der Waals surface area contributed by atoms with Crippen molar-refractivity contribution in [2.75, 3.05) is 6.54 Å². The Balaban J connectivity index is 2.04. The number of benzene rings is 1. The minimum absolute atomic E-state index is 0.176. The van der Waals surface area contributed by atoms with E-state index in [4.69, 9.17) is 0 Å². The number of aliphatic imine (C=N–C) groups is 2. The quantitative estimate of drug-likeness (QED) is 0.704. The molecule has 0 atom stereocenters. The third-order valence-electron chi connectivity index (χ3n) is 3.16. The lowest BCUT2D eigenvalue weighted by Gasteiger charge is -2.01. The third kappa shape index (κ3) is 3.03. The van der Waals surface area contributed by atoms with E-state index >= 15 is 0 Å². The Hall–Kier alpha value is -1.51. The highest BCUT2D eigenvalue weighted by Gasteiger charge is 2.12. The van der Waals surface area contributed by atoms with Gasteiger partial charge in [0.15, 0.2) is 5.84 Å². The van der Waals surface area contributed by atoms with Crippen molar-refractivity contribution in [3.63, 3.8) is 0 Å². The van der Waals surface area contributed by atoms with Crippen molar-refractivity contribution in [1.29, 1.82) is 0 Å². The molecule has 1 aromatic rings. The Labute approximate surface area is 108 Å². The number of halogens is 1. The molecule has 18 heavy (non-hydrogen) atoms. The smallest absolute Gasteiger partial charge is 0.154 e. The first-order valence-electron chi connectivity index (χ1n) is 6.58. The van der Waals surface area contributed by atoms with Crippen molar-refractivity contribution in [1.82, 2.24) is 0 Å². The third-order valence-corrected chi connectivity index (χ3v) is 3.16. The molecule has 0 aliphatic carbocycles. The Morgan fingerprint density at radius 1 is 1.28 bits per heavy atom. The van der Waals surface area contributed by atoms with Crippen LogP contribution >= 0.6 is 0 Å². The maximum absolute atomic E-state index is 13.2. The average molecular weight is 246 g/mol. The molecule has 0 fully saturated rings. The first-order chi connectivity index (χ1) is 8.70. The summed E-state index contributed by atoms with van der Waals surface area (Å²) in [5.41, 5.74) is 2.71. The summed E-state index contributed by atoms with van der Waals surface area (Å²) in [6, 6.07) is 5.05. The number of hydrogen-bond donors (Lipinski definition) is 0. The van der Waals surface area contributed by atoms with Gasteiger partial charge >= 0.3 is 0 Å².